The third-order valence-electron chi connectivity index (χ3n) is 2.77. The number of carbonyl (C=O) groups is 2. The predicted octanol–water partition coefficient (Wildman–Crippen LogP) is 0.833. The van der Waals surface area contributed by atoms with Crippen LogP contribution < -0.4 is 0 Å². The molecule has 0 aromatic carbocycles. The van der Waals surface area contributed by atoms with Crippen molar-refractivity contribution in [2.24, 2.45) is 5.41 Å². The second-order valence-electron chi connectivity index (χ2n) is 3.69. The summed E-state index contributed by atoms with van der Waals surface area (Å²) in [5.74, 6) is -1.11. The Bertz CT molecular complexity index is 326. The van der Waals surface area contributed by atoms with Crippen molar-refractivity contribution in [3.63, 3.8) is 0 Å². The highest BCUT2D eigenvalue weighted by Crippen LogP contribution is 2.31. The molecule has 1 heterocycles. The summed E-state index contributed by atoms with van der Waals surface area (Å²) in [6.45, 7) is 2.49. The smallest absolute Gasteiger partial charge is 0.409 e. The second-order valence-corrected chi connectivity index (χ2v) is 3.69. The first-order valence-corrected chi connectivity index (χ1v) is 5.12. The Hall–Kier alpha value is -1.77. The van der Waals surface area contributed by atoms with Crippen LogP contribution in [0.1, 0.15) is 19.8 Å². The minimum absolute atomic E-state index is 0.150. The molecule has 0 atom stereocenters. The molecule has 0 aliphatic carbocycles. The van der Waals surface area contributed by atoms with E-state index in [2.05, 4.69) is 0 Å². The van der Waals surface area contributed by atoms with Crippen LogP contribution in [0, 0.1) is 16.7 Å². The molecule has 1 aliphatic rings. The van der Waals surface area contributed by atoms with Gasteiger partial charge in [0, 0.05) is 13.1 Å². The molecule has 0 unspecified atom stereocenters. The van der Waals surface area contributed by atoms with Crippen molar-refractivity contribution in [2.45, 2.75) is 19.8 Å². The number of nitriles is 1. The van der Waals surface area contributed by atoms with E-state index in [-0.39, 0.29) is 32.5 Å². The Kier molecular flexibility index (Phi) is 3.72. The number of carbonyl (C=O) groups excluding carboxylic acids is 1. The molecule has 0 spiro atoms. The van der Waals surface area contributed by atoms with E-state index in [4.69, 9.17) is 15.1 Å². The molecule has 1 aliphatic heterocycles. The van der Waals surface area contributed by atoms with E-state index < -0.39 is 17.5 Å². The third-order valence-corrected chi connectivity index (χ3v) is 2.77. The van der Waals surface area contributed by atoms with Gasteiger partial charge in [0.25, 0.3) is 0 Å². The lowest BCUT2D eigenvalue weighted by atomic mass is 9.80. The van der Waals surface area contributed by atoms with Crippen LogP contribution in [0.3, 0.4) is 0 Å². The first kappa shape index (κ1) is 12.3. The average Bonchev–Trinajstić information content (AvgIpc) is 2.29. The molecule has 0 aromatic rings. The van der Waals surface area contributed by atoms with Crippen LogP contribution in [0.5, 0.6) is 0 Å². The lowest BCUT2D eigenvalue weighted by Gasteiger charge is -2.33. The number of hydrogen-bond acceptors (Lipinski definition) is 4. The summed E-state index contributed by atoms with van der Waals surface area (Å²) >= 11 is 0. The predicted molar refractivity (Wildman–Crippen MR) is 53.5 cm³/mol. The van der Waals surface area contributed by atoms with Crippen LogP contribution >= 0.6 is 0 Å². The number of amides is 1. The van der Waals surface area contributed by atoms with Gasteiger partial charge < -0.3 is 14.7 Å². The van der Waals surface area contributed by atoms with Gasteiger partial charge >= 0.3 is 12.1 Å². The molecule has 16 heavy (non-hydrogen) atoms. The van der Waals surface area contributed by atoms with Crippen molar-refractivity contribution >= 4 is 12.1 Å². The molecule has 0 radical (unpaired) electrons. The lowest BCUT2D eigenvalue weighted by molar-refractivity contribution is -0.147. The number of aliphatic carboxylic acids is 1. The van der Waals surface area contributed by atoms with Gasteiger partial charge in [0.15, 0.2) is 5.41 Å². The number of hydrogen-bond donors (Lipinski definition) is 1. The first-order chi connectivity index (χ1) is 7.55. The van der Waals surface area contributed by atoms with E-state index in [1.54, 1.807) is 6.92 Å². The average molecular weight is 226 g/mol. The Morgan fingerprint density at radius 1 is 1.50 bits per heavy atom. The number of ether oxygens (including phenoxy) is 1. The summed E-state index contributed by atoms with van der Waals surface area (Å²) in [5.41, 5.74) is -1.34. The quantitative estimate of drug-likeness (QED) is 0.753. The molecule has 1 amide bonds. The zero-order chi connectivity index (χ0) is 12.2. The Morgan fingerprint density at radius 2 is 2.06 bits per heavy atom. The van der Waals surface area contributed by atoms with Gasteiger partial charge in [-0.05, 0) is 19.8 Å². The highest BCUT2D eigenvalue weighted by Gasteiger charge is 2.43. The topological polar surface area (TPSA) is 90.6 Å². The van der Waals surface area contributed by atoms with E-state index in [0.717, 1.165) is 0 Å². The molecular formula is C10H14N2O4. The van der Waals surface area contributed by atoms with E-state index in [1.165, 1.54) is 4.90 Å². The van der Waals surface area contributed by atoms with Gasteiger partial charge in [0.1, 0.15) is 0 Å². The standard InChI is InChI=1S/C10H14N2O4/c1-2-16-9(15)12-5-3-10(7-11,4-6-12)8(13)14/h2-6H2,1H3,(H,13,14). The van der Waals surface area contributed by atoms with E-state index in [9.17, 15) is 9.59 Å². The second kappa shape index (κ2) is 4.84. The number of likely N-dealkylation sites (tertiary alicyclic amines) is 1. The maximum Gasteiger partial charge on any atom is 0.409 e. The van der Waals surface area contributed by atoms with E-state index in [1.807, 2.05) is 6.07 Å². The van der Waals surface area contributed by atoms with Crippen molar-refractivity contribution in [1.82, 2.24) is 4.90 Å². The van der Waals surface area contributed by atoms with E-state index >= 15 is 0 Å². The third kappa shape index (κ3) is 2.24. The van der Waals surface area contributed by atoms with Gasteiger partial charge in [-0.15, -0.1) is 0 Å². The van der Waals surface area contributed by atoms with Gasteiger partial charge in [-0.1, -0.05) is 0 Å². The molecule has 0 saturated carbocycles. The van der Waals surface area contributed by atoms with Gasteiger partial charge in [-0.25, -0.2) is 4.79 Å². The largest absolute Gasteiger partial charge is 0.480 e. The van der Waals surface area contributed by atoms with Crippen molar-refractivity contribution in [1.29, 1.82) is 5.26 Å². The Labute approximate surface area is 93.4 Å². The molecular weight excluding hydrogens is 212 g/mol. The van der Waals surface area contributed by atoms with Crippen LogP contribution in [0.25, 0.3) is 0 Å². The molecule has 0 bridgehead atoms. The maximum absolute atomic E-state index is 11.3. The maximum atomic E-state index is 11.3. The Morgan fingerprint density at radius 3 is 2.44 bits per heavy atom. The summed E-state index contributed by atoms with van der Waals surface area (Å²) in [7, 11) is 0. The SMILES string of the molecule is CCOC(=O)N1CCC(C#N)(C(=O)O)CC1. The summed E-state index contributed by atoms with van der Waals surface area (Å²) in [5, 5.41) is 17.8. The highest BCUT2D eigenvalue weighted by atomic mass is 16.6. The van der Waals surface area contributed by atoms with Crippen LogP contribution in [0.4, 0.5) is 4.79 Å². The zero-order valence-corrected chi connectivity index (χ0v) is 9.10. The molecule has 1 N–H and O–H groups in total. The van der Waals surface area contributed by atoms with Gasteiger partial charge in [0.2, 0.25) is 0 Å². The summed E-state index contributed by atoms with van der Waals surface area (Å²) in [6, 6.07) is 1.83. The number of rotatable bonds is 2. The van der Waals surface area contributed by atoms with Crippen molar-refractivity contribution in [2.75, 3.05) is 19.7 Å². The summed E-state index contributed by atoms with van der Waals surface area (Å²) < 4.78 is 4.80. The van der Waals surface area contributed by atoms with Crippen LogP contribution in [-0.4, -0.2) is 41.8 Å². The minimum atomic E-state index is -1.34. The molecule has 1 rings (SSSR count). The molecule has 6 heteroatoms. The molecule has 0 aromatic heterocycles. The van der Waals surface area contributed by atoms with Gasteiger partial charge in [-0.3, -0.25) is 4.79 Å². The Balaban J connectivity index is 2.60. The number of piperidine rings is 1. The molecule has 88 valence electrons. The number of nitrogens with zero attached hydrogens (tertiary/aromatic N) is 2. The van der Waals surface area contributed by atoms with Gasteiger partial charge in [0.05, 0.1) is 12.7 Å². The molecule has 1 saturated heterocycles. The summed E-state index contributed by atoms with van der Waals surface area (Å²) in [4.78, 5) is 23.7. The number of carboxylic acids is 1. The van der Waals surface area contributed by atoms with Crippen molar-refractivity contribution in [3.8, 4) is 6.07 Å². The van der Waals surface area contributed by atoms with Crippen molar-refractivity contribution < 1.29 is 19.4 Å². The van der Waals surface area contributed by atoms with Crippen molar-refractivity contribution in [3.05, 3.63) is 0 Å². The minimum Gasteiger partial charge on any atom is -0.480 e. The monoisotopic (exact) mass is 226 g/mol. The molecule has 6 nitrogen and oxygen atoms in total. The zero-order valence-electron chi connectivity index (χ0n) is 9.10. The van der Waals surface area contributed by atoms with Crippen LogP contribution in [0.2, 0.25) is 0 Å². The fraction of sp³-hybridized carbons (Fsp3) is 0.700. The lowest BCUT2D eigenvalue weighted by Crippen LogP contribution is -2.46. The number of carboxylic acid groups (broad SMARTS) is 1. The van der Waals surface area contributed by atoms with Crippen LogP contribution in [-0.2, 0) is 9.53 Å². The first-order valence-electron chi connectivity index (χ1n) is 5.12. The highest BCUT2D eigenvalue weighted by molar-refractivity contribution is 5.78. The summed E-state index contributed by atoms with van der Waals surface area (Å²) in [6.07, 6.45) is -0.144. The van der Waals surface area contributed by atoms with E-state index in [0.29, 0.717) is 0 Å². The fourth-order valence-electron chi connectivity index (χ4n) is 1.66. The normalized spacial score (nSPS) is 18.6. The van der Waals surface area contributed by atoms with Gasteiger partial charge in [-0.2, -0.15) is 5.26 Å². The fourth-order valence-corrected chi connectivity index (χ4v) is 1.66. The van der Waals surface area contributed by atoms with Crippen LogP contribution in [0.15, 0.2) is 0 Å². The molecule has 1 fully saturated rings.